The van der Waals surface area contributed by atoms with Gasteiger partial charge >= 0.3 is 0 Å². The maximum absolute atomic E-state index is 12.6. The van der Waals surface area contributed by atoms with E-state index in [-0.39, 0.29) is 23.9 Å². The molecule has 9 nitrogen and oxygen atoms in total. The zero-order valence-corrected chi connectivity index (χ0v) is 16.1. The fraction of sp³-hybridized carbons (Fsp3) is 0.667. The highest BCUT2D eigenvalue weighted by atomic mass is 16.5. The first-order valence-corrected chi connectivity index (χ1v) is 9.24. The molecule has 1 aromatic rings. The van der Waals surface area contributed by atoms with E-state index in [4.69, 9.17) is 9.47 Å². The quantitative estimate of drug-likeness (QED) is 0.597. The number of carbonyl (C=O) groups excluding carboxylic acids is 2. The van der Waals surface area contributed by atoms with Gasteiger partial charge in [-0.05, 0) is 6.92 Å². The van der Waals surface area contributed by atoms with Gasteiger partial charge in [-0.1, -0.05) is 0 Å². The molecule has 0 spiro atoms. The van der Waals surface area contributed by atoms with Crippen molar-refractivity contribution in [3.8, 4) is 0 Å². The Morgan fingerprint density at radius 2 is 2.04 bits per heavy atom. The number of amides is 2. The summed E-state index contributed by atoms with van der Waals surface area (Å²) in [6.07, 6.45) is 3.25. The molecular formula is C18H29N5O4. The summed E-state index contributed by atoms with van der Waals surface area (Å²) in [4.78, 5) is 36.8. The molecule has 2 heterocycles. The van der Waals surface area contributed by atoms with E-state index < -0.39 is 0 Å². The number of morpholine rings is 1. The third kappa shape index (κ3) is 7.58. The Hall–Kier alpha value is -2.10. The number of aryl methyl sites for hydroxylation is 1. The molecule has 0 aliphatic carbocycles. The van der Waals surface area contributed by atoms with Crippen LogP contribution in [-0.4, -0.2) is 97.8 Å². The van der Waals surface area contributed by atoms with E-state index in [1.54, 1.807) is 18.2 Å². The first-order valence-electron chi connectivity index (χ1n) is 9.24. The smallest absolute Gasteiger partial charge is 0.274 e. The zero-order chi connectivity index (χ0) is 19.5. The fourth-order valence-corrected chi connectivity index (χ4v) is 2.68. The zero-order valence-electron chi connectivity index (χ0n) is 16.1. The molecule has 27 heavy (non-hydrogen) atoms. The monoisotopic (exact) mass is 379 g/mol. The van der Waals surface area contributed by atoms with E-state index in [2.05, 4.69) is 20.2 Å². The highest BCUT2D eigenvalue weighted by molar-refractivity contribution is 5.92. The highest BCUT2D eigenvalue weighted by Crippen LogP contribution is 2.03. The van der Waals surface area contributed by atoms with Crippen LogP contribution in [0, 0.1) is 6.92 Å². The molecule has 1 aliphatic heterocycles. The maximum atomic E-state index is 12.6. The molecule has 2 rings (SSSR count). The van der Waals surface area contributed by atoms with E-state index in [0.717, 1.165) is 38.5 Å². The summed E-state index contributed by atoms with van der Waals surface area (Å²) in [6.45, 7) is 7.58. The van der Waals surface area contributed by atoms with Gasteiger partial charge in [-0.25, -0.2) is 4.98 Å². The van der Waals surface area contributed by atoms with Crippen molar-refractivity contribution in [3.63, 3.8) is 0 Å². The lowest BCUT2D eigenvalue weighted by atomic mass is 10.3. The molecule has 150 valence electrons. The number of ether oxygens (including phenoxy) is 2. The van der Waals surface area contributed by atoms with Crippen LogP contribution in [0.15, 0.2) is 12.4 Å². The normalized spacial score (nSPS) is 14.7. The van der Waals surface area contributed by atoms with E-state index in [1.165, 1.54) is 6.20 Å². The average molecular weight is 379 g/mol. The number of methoxy groups -OCH3 is 1. The summed E-state index contributed by atoms with van der Waals surface area (Å²) < 4.78 is 10.4. The molecule has 1 aromatic heterocycles. The minimum atomic E-state index is -0.249. The number of carbonyl (C=O) groups is 2. The third-order valence-corrected chi connectivity index (χ3v) is 4.32. The van der Waals surface area contributed by atoms with E-state index >= 15 is 0 Å². The third-order valence-electron chi connectivity index (χ3n) is 4.32. The van der Waals surface area contributed by atoms with Crippen LogP contribution in [0.5, 0.6) is 0 Å². The summed E-state index contributed by atoms with van der Waals surface area (Å²) >= 11 is 0. The van der Waals surface area contributed by atoms with Gasteiger partial charge in [0.25, 0.3) is 5.91 Å². The van der Waals surface area contributed by atoms with Crippen LogP contribution in [-0.2, 0) is 14.3 Å². The van der Waals surface area contributed by atoms with Crippen molar-refractivity contribution in [3.05, 3.63) is 23.8 Å². The van der Waals surface area contributed by atoms with Crippen molar-refractivity contribution in [2.75, 3.05) is 66.2 Å². The van der Waals surface area contributed by atoms with Crippen LogP contribution in [0.3, 0.4) is 0 Å². The number of nitrogens with zero attached hydrogens (tertiary/aromatic N) is 4. The number of nitrogens with one attached hydrogen (secondary N) is 1. The molecule has 0 radical (unpaired) electrons. The lowest BCUT2D eigenvalue weighted by Gasteiger charge is -2.26. The Morgan fingerprint density at radius 3 is 2.70 bits per heavy atom. The lowest BCUT2D eigenvalue weighted by Crippen LogP contribution is -2.42. The Labute approximate surface area is 160 Å². The highest BCUT2D eigenvalue weighted by Gasteiger charge is 2.18. The molecule has 0 aromatic carbocycles. The molecule has 9 heteroatoms. The Morgan fingerprint density at radius 1 is 1.26 bits per heavy atom. The number of hydrogen-bond donors (Lipinski definition) is 1. The Balaban J connectivity index is 1.77. The minimum absolute atomic E-state index is 0.0755. The van der Waals surface area contributed by atoms with Gasteiger partial charge in [-0.15, -0.1) is 0 Å². The first-order chi connectivity index (χ1) is 13.1. The van der Waals surface area contributed by atoms with Gasteiger partial charge in [0, 0.05) is 59.0 Å². The summed E-state index contributed by atoms with van der Waals surface area (Å²) in [6, 6.07) is 0. The molecule has 1 saturated heterocycles. The second-order valence-electron chi connectivity index (χ2n) is 6.38. The second-order valence-corrected chi connectivity index (χ2v) is 6.38. The van der Waals surface area contributed by atoms with Crippen molar-refractivity contribution in [1.82, 2.24) is 25.1 Å². The summed E-state index contributed by atoms with van der Waals surface area (Å²) in [5, 5.41) is 2.91. The fourth-order valence-electron chi connectivity index (χ4n) is 2.68. The van der Waals surface area contributed by atoms with E-state index in [1.807, 2.05) is 6.92 Å². The van der Waals surface area contributed by atoms with Crippen molar-refractivity contribution < 1.29 is 19.1 Å². The van der Waals surface area contributed by atoms with Gasteiger partial charge in [-0.3, -0.25) is 19.5 Å². The molecule has 0 atom stereocenters. The largest absolute Gasteiger partial charge is 0.383 e. The van der Waals surface area contributed by atoms with Gasteiger partial charge < -0.3 is 19.7 Å². The van der Waals surface area contributed by atoms with Gasteiger partial charge in [0.2, 0.25) is 5.91 Å². The standard InChI is InChI=1S/C18H29N5O4/c1-15-13-21-16(14-20-15)18(25)23(9-10-26-2)5-3-17(24)19-4-6-22-7-11-27-12-8-22/h13-14H,3-12H2,1-2H3,(H,19,24). The average Bonchev–Trinajstić information content (AvgIpc) is 2.69. The van der Waals surface area contributed by atoms with Crippen molar-refractivity contribution in [2.45, 2.75) is 13.3 Å². The molecule has 0 unspecified atom stereocenters. The van der Waals surface area contributed by atoms with Gasteiger partial charge in [0.1, 0.15) is 5.69 Å². The number of rotatable bonds is 10. The lowest BCUT2D eigenvalue weighted by molar-refractivity contribution is -0.121. The molecule has 2 amide bonds. The Bertz CT molecular complexity index is 590. The van der Waals surface area contributed by atoms with Crippen LogP contribution in [0.1, 0.15) is 22.6 Å². The van der Waals surface area contributed by atoms with Crippen molar-refractivity contribution >= 4 is 11.8 Å². The topological polar surface area (TPSA) is 96.9 Å². The van der Waals surface area contributed by atoms with Crippen LogP contribution < -0.4 is 5.32 Å². The van der Waals surface area contributed by atoms with Crippen molar-refractivity contribution in [2.24, 2.45) is 0 Å². The van der Waals surface area contributed by atoms with E-state index in [0.29, 0.717) is 26.2 Å². The predicted octanol–water partition coefficient (Wildman–Crippen LogP) is -0.288. The first kappa shape index (κ1) is 21.2. The molecule has 1 aliphatic rings. The summed E-state index contributed by atoms with van der Waals surface area (Å²) in [5.41, 5.74) is 1.01. The summed E-state index contributed by atoms with van der Waals surface area (Å²) in [7, 11) is 1.58. The minimum Gasteiger partial charge on any atom is -0.383 e. The molecule has 1 N–H and O–H groups in total. The summed E-state index contributed by atoms with van der Waals surface area (Å²) in [5.74, 6) is -0.325. The van der Waals surface area contributed by atoms with Crippen LogP contribution >= 0.6 is 0 Å². The predicted molar refractivity (Wildman–Crippen MR) is 99.4 cm³/mol. The number of hydrogen-bond acceptors (Lipinski definition) is 7. The molecule has 0 bridgehead atoms. The van der Waals surface area contributed by atoms with Crippen LogP contribution in [0.4, 0.5) is 0 Å². The molecular weight excluding hydrogens is 350 g/mol. The van der Waals surface area contributed by atoms with Gasteiger partial charge in [-0.2, -0.15) is 0 Å². The number of aromatic nitrogens is 2. The van der Waals surface area contributed by atoms with Crippen LogP contribution in [0.25, 0.3) is 0 Å². The SMILES string of the molecule is COCCN(CCC(=O)NCCN1CCOCC1)C(=O)c1cnc(C)cn1. The van der Waals surface area contributed by atoms with Crippen LogP contribution in [0.2, 0.25) is 0 Å². The molecule has 1 fully saturated rings. The molecule has 0 saturated carbocycles. The second kappa shape index (κ2) is 11.6. The van der Waals surface area contributed by atoms with Gasteiger partial charge in [0.15, 0.2) is 0 Å². The maximum Gasteiger partial charge on any atom is 0.274 e. The Kier molecular flexibility index (Phi) is 9.09. The van der Waals surface area contributed by atoms with E-state index in [9.17, 15) is 9.59 Å². The van der Waals surface area contributed by atoms with Gasteiger partial charge in [0.05, 0.1) is 31.7 Å². The van der Waals surface area contributed by atoms with Crippen molar-refractivity contribution in [1.29, 1.82) is 0 Å².